The molecule has 1 aromatic carbocycles. The van der Waals surface area contributed by atoms with Crippen LogP contribution in [-0.2, 0) is 6.42 Å². The predicted octanol–water partition coefficient (Wildman–Crippen LogP) is 3.37. The minimum atomic E-state index is 0.214. The smallest absolute Gasteiger partial charge is 0.120 e. The topological polar surface area (TPSA) is 35.2 Å². The highest BCUT2D eigenvalue weighted by Crippen LogP contribution is 2.30. The fourth-order valence-corrected chi connectivity index (χ4v) is 2.22. The molecule has 0 bridgehead atoms. The lowest BCUT2D eigenvalue weighted by Gasteiger charge is -2.22. The molecule has 2 N–H and O–H groups in total. The normalized spacial score (nSPS) is 18.4. The summed E-state index contributed by atoms with van der Waals surface area (Å²) in [6.07, 6.45) is 5.50. The summed E-state index contributed by atoms with van der Waals surface area (Å²) in [5, 5.41) is 0. The molecule has 0 aliphatic heterocycles. The SMILES string of the molecule is CC(C)=CCOc1ccc2c(c1)CCCC2N. The summed E-state index contributed by atoms with van der Waals surface area (Å²) in [7, 11) is 0. The van der Waals surface area contributed by atoms with Gasteiger partial charge in [0.15, 0.2) is 0 Å². The highest BCUT2D eigenvalue weighted by atomic mass is 16.5. The van der Waals surface area contributed by atoms with Crippen molar-refractivity contribution in [2.75, 3.05) is 6.61 Å². The lowest BCUT2D eigenvalue weighted by Crippen LogP contribution is -2.17. The molecule has 2 nitrogen and oxygen atoms in total. The van der Waals surface area contributed by atoms with Gasteiger partial charge in [0, 0.05) is 6.04 Å². The Bertz CT molecular complexity index is 419. The lowest BCUT2D eigenvalue weighted by molar-refractivity contribution is 0.361. The summed E-state index contributed by atoms with van der Waals surface area (Å²) in [4.78, 5) is 0. The van der Waals surface area contributed by atoms with E-state index in [0.29, 0.717) is 6.61 Å². The fraction of sp³-hybridized carbons (Fsp3) is 0.467. The van der Waals surface area contributed by atoms with Gasteiger partial charge in [-0.1, -0.05) is 11.6 Å². The van der Waals surface area contributed by atoms with Gasteiger partial charge in [-0.3, -0.25) is 0 Å². The van der Waals surface area contributed by atoms with Gasteiger partial charge in [0.05, 0.1) is 0 Å². The van der Waals surface area contributed by atoms with Gasteiger partial charge in [-0.2, -0.15) is 0 Å². The summed E-state index contributed by atoms with van der Waals surface area (Å²) >= 11 is 0. The minimum Gasteiger partial charge on any atom is -0.490 e. The number of hydrogen-bond donors (Lipinski definition) is 1. The van der Waals surface area contributed by atoms with Gasteiger partial charge < -0.3 is 10.5 Å². The number of hydrogen-bond acceptors (Lipinski definition) is 2. The van der Waals surface area contributed by atoms with Crippen LogP contribution in [0.1, 0.15) is 43.9 Å². The van der Waals surface area contributed by atoms with Crippen molar-refractivity contribution in [1.29, 1.82) is 0 Å². The largest absolute Gasteiger partial charge is 0.490 e. The molecule has 1 unspecified atom stereocenters. The molecule has 0 saturated carbocycles. The van der Waals surface area contributed by atoms with Crippen LogP contribution in [0.15, 0.2) is 29.8 Å². The van der Waals surface area contributed by atoms with E-state index in [1.807, 2.05) is 6.07 Å². The highest BCUT2D eigenvalue weighted by molar-refractivity contribution is 5.38. The number of rotatable bonds is 3. The fourth-order valence-electron chi connectivity index (χ4n) is 2.22. The third kappa shape index (κ3) is 3.10. The molecule has 1 aliphatic rings. The van der Waals surface area contributed by atoms with Crippen LogP contribution in [0.4, 0.5) is 0 Å². The van der Waals surface area contributed by atoms with E-state index in [1.165, 1.54) is 23.1 Å². The van der Waals surface area contributed by atoms with Crippen LogP contribution in [0.25, 0.3) is 0 Å². The maximum atomic E-state index is 6.09. The van der Waals surface area contributed by atoms with Gasteiger partial charge in [-0.15, -0.1) is 0 Å². The Hall–Kier alpha value is -1.28. The van der Waals surface area contributed by atoms with Crippen LogP contribution in [0, 0.1) is 0 Å². The van der Waals surface area contributed by atoms with Crippen molar-refractivity contribution >= 4 is 0 Å². The standard InChI is InChI=1S/C15H21NO/c1-11(2)8-9-17-13-6-7-14-12(10-13)4-3-5-15(14)16/h6-8,10,15H,3-5,9,16H2,1-2H3. The first-order chi connectivity index (χ1) is 8.16. The van der Waals surface area contributed by atoms with E-state index in [-0.39, 0.29) is 6.04 Å². The number of ether oxygens (including phenoxy) is 1. The van der Waals surface area contributed by atoms with E-state index >= 15 is 0 Å². The van der Waals surface area contributed by atoms with E-state index in [2.05, 4.69) is 32.1 Å². The highest BCUT2D eigenvalue weighted by Gasteiger charge is 2.16. The van der Waals surface area contributed by atoms with E-state index in [0.717, 1.165) is 18.6 Å². The molecular formula is C15H21NO. The Morgan fingerprint density at radius 3 is 3.06 bits per heavy atom. The Balaban J connectivity index is 2.08. The lowest BCUT2D eigenvalue weighted by atomic mass is 9.88. The number of aryl methyl sites for hydroxylation is 1. The van der Waals surface area contributed by atoms with Crippen LogP contribution in [0.2, 0.25) is 0 Å². The zero-order valence-electron chi connectivity index (χ0n) is 10.7. The molecular weight excluding hydrogens is 210 g/mol. The number of nitrogens with two attached hydrogens (primary N) is 1. The van der Waals surface area contributed by atoms with Gasteiger partial charge in [-0.05, 0) is 62.4 Å². The Kier molecular flexibility index (Phi) is 3.85. The minimum absolute atomic E-state index is 0.214. The Morgan fingerprint density at radius 1 is 1.47 bits per heavy atom. The van der Waals surface area contributed by atoms with E-state index in [4.69, 9.17) is 10.5 Å². The second-order valence-electron chi connectivity index (χ2n) is 4.95. The summed E-state index contributed by atoms with van der Waals surface area (Å²) in [5.41, 5.74) is 10.0. The predicted molar refractivity (Wildman–Crippen MR) is 71.2 cm³/mol. The molecule has 0 spiro atoms. The summed E-state index contributed by atoms with van der Waals surface area (Å²) in [6.45, 7) is 4.80. The number of fused-ring (bicyclic) bond motifs is 1. The third-order valence-electron chi connectivity index (χ3n) is 3.22. The van der Waals surface area contributed by atoms with Gasteiger partial charge >= 0.3 is 0 Å². The van der Waals surface area contributed by atoms with E-state index in [1.54, 1.807) is 0 Å². The molecule has 0 heterocycles. The maximum absolute atomic E-state index is 6.09. The van der Waals surface area contributed by atoms with Crippen molar-refractivity contribution < 1.29 is 4.74 Å². The summed E-state index contributed by atoms with van der Waals surface area (Å²) < 4.78 is 5.70. The molecule has 17 heavy (non-hydrogen) atoms. The first-order valence-corrected chi connectivity index (χ1v) is 6.31. The number of benzene rings is 1. The number of allylic oxidation sites excluding steroid dienone is 1. The molecule has 0 saturated heterocycles. The molecule has 1 aromatic rings. The Labute approximate surface area is 103 Å². The summed E-state index contributed by atoms with van der Waals surface area (Å²) in [5.74, 6) is 0.954. The zero-order chi connectivity index (χ0) is 12.3. The molecule has 92 valence electrons. The average Bonchev–Trinajstić information content (AvgIpc) is 2.29. The monoisotopic (exact) mass is 231 g/mol. The Morgan fingerprint density at radius 2 is 2.29 bits per heavy atom. The molecule has 1 aliphatic carbocycles. The molecule has 0 amide bonds. The van der Waals surface area contributed by atoms with Gasteiger partial charge in [0.1, 0.15) is 12.4 Å². The molecule has 0 fully saturated rings. The third-order valence-corrected chi connectivity index (χ3v) is 3.22. The van der Waals surface area contributed by atoms with Crippen LogP contribution in [0.3, 0.4) is 0 Å². The zero-order valence-corrected chi connectivity index (χ0v) is 10.7. The van der Waals surface area contributed by atoms with Crippen molar-refractivity contribution in [3.8, 4) is 5.75 Å². The molecule has 0 radical (unpaired) electrons. The van der Waals surface area contributed by atoms with Crippen molar-refractivity contribution in [1.82, 2.24) is 0 Å². The quantitative estimate of drug-likeness (QED) is 0.809. The van der Waals surface area contributed by atoms with Crippen molar-refractivity contribution in [2.45, 2.75) is 39.2 Å². The first-order valence-electron chi connectivity index (χ1n) is 6.31. The van der Waals surface area contributed by atoms with E-state index in [9.17, 15) is 0 Å². The second-order valence-corrected chi connectivity index (χ2v) is 4.95. The molecule has 2 heteroatoms. The van der Waals surface area contributed by atoms with Crippen molar-refractivity contribution in [3.05, 3.63) is 41.0 Å². The van der Waals surface area contributed by atoms with Gasteiger partial charge in [0.25, 0.3) is 0 Å². The molecule has 1 atom stereocenters. The van der Waals surface area contributed by atoms with Crippen LogP contribution in [-0.4, -0.2) is 6.61 Å². The second kappa shape index (κ2) is 5.37. The molecule has 2 rings (SSSR count). The maximum Gasteiger partial charge on any atom is 0.120 e. The van der Waals surface area contributed by atoms with Gasteiger partial charge in [0.2, 0.25) is 0 Å². The van der Waals surface area contributed by atoms with Crippen molar-refractivity contribution in [3.63, 3.8) is 0 Å². The van der Waals surface area contributed by atoms with Crippen LogP contribution in [0.5, 0.6) is 5.75 Å². The van der Waals surface area contributed by atoms with Crippen LogP contribution >= 0.6 is 0 Å². The van der Waals surface area contributed by atoms with Crippen LogP contribution < -0.4 is 10.5 Å². The van der Waals surface area contributed by atoms with Gasteiger partial charge in [-0.25, -0.2) is 0 Å². The first kappa shape index (κ1) is 12.2. The van der Waals surface area contributed by atoms with E-state index < -0.39 is 0 Å². The summed E-state index contributed by atoms with van der Waals surface area (Å²) in [6, 6.07) is 6.51. The van der Waals surface area contributed by atoms with Crippen molar-refractivity contribution in [2.24, 2.45) is 5.73 Å². The molecule has 0 aromatic heterocycles. The average molecular weight is 231 g/mol.